The smallest absolute Gasteiger partial charge is 0.123 e. The summed E-state index contributed by atoms with van der Waals surface area (Å²) in [6, 6.07) is 8.42. The number of nitrogens with zero attached hydrogens (tertiary/aromatic N) is 1. The zero-order valence-corrected chi connectivity index (χ0v) is 7.87. The summed E-state index contributed by atoms with van der Waals surface area (Å²) in [5, 5.41) is 0. The predicted octanol–water partition coefficient (Wildman–Crippen LogP) is 3.20. The molecule has 0 aliphatic carbocycles. The summed E-state index contributed by atoms with van der Waals surface area (Å²) in [4.78, 5) is 4.01. The number of rotatable bonds is 1. The molecule has 2 rings (SSSR count). The molecule has 0 amide bonds. The van der Waals surface area contributed by atoms with Crippen molar-refractivity contribution in [1.82, 2.24) is 4.98 Å². The van der Waals surface area contributed by atoms with Crippen molar-refractivity contribution in [2.45, 2.75) is 6.92 Å². The minimum absolute atomic E-state index is 0.208. The second-order valence-corrected chi connectivity index (χ2v) is 3.20. The fraction of sp³-hybridized carbons (Fsp3) is 0.0833. The van der Waals surface area contributed by atoms with Crippen molar-refractivity contribution in [1.29, 1.82) is 0 Å². The van der Waals surface area contributed by atoms with E-state index >= 15 is 0 Å². The van der Waals surface area contributed by atoms with Crippen LogP contribution in [0.25, 0.3) is 11.1 Å². The minimum atomic E-state index is -0.208. The Hall–Kier alpha value is -1.70. The lowest BCUT2D eigenvalue weighted by Crippen LogP contribution is -1.84. The first-order valence-electron chi connectivity index (χ1n) is 4.44. The topological polar surface area (TPSA) is 12.9 Å². The lowest BCUT2D eigenvalue weighted by atomic mass is 10.0. The molecule has 0 bridgehead atoms. The van der Waals surface area contributed by atoms with Crippen LogP contribution in [0.3, 0.4) is 0 Å². The summed E-state index contributed by atoms with van der Waals surface area (Å²) in [7, 11) is 0. The number of hydrogen-bond acceptors (Lipinski definition) is 1. The van der Waals surface area contributed by atoms with Crippen LogP contribution in [0, 0.1) is 12.7 Å². The number of aromatic nitrogens is 1. The molecule has 0 saturated carbocycles. The van der Waals surface area contributed by atoms with Crippen LogP contribution < -0.4 is 0 Å². The Morgan fingerprint density at radius 3 is 2.43 bits per heavy atom. The molecular weight excluding hydrogens is 177 g/mol. The molecule has 0 spiro atoms. The van der Waals surface area contributed by atoms with Crippen molar-refractivity contribution < 1.29 is 4.39 Å². The van der Waals surface area contributed by atoms with Crippen molar-refractivity contribution >= 4 is 0 Å². The van der Waals surface area contributed by atoms with Gasteiger partial charge in [-0.3, -0.25) is 4.98 Å². The molecule has 1 aromatic carbocycles. The van der Waals surface area contributed by atoms with Crippen molar-refractivity contribution in [3.8, 4) is 11.1 Å². The summed E-state index contributed by atoms with van der Waals surface area (Å²) in [6.45, 7) is 1.99. The predicted molar refractivity (Wildman–Crippen MR) is 54.4 cm³/mol. The second-order valence-electron chi connectivity index (χ2n) is 3.20. The molecule has 0 unspecified atom stereocenters. The zero-order valence-electron chi connectivity index (χ0n) is 7.87. The molecule has 0 aliphatic rings. The van der Waals surface area contributed by atoms with Gasteiger partial charge in [0.15, 0.2) is 0 Å². The minimum Gasteiger partial charge on any atom is -0.264 e. The summed E-state index contributed by atoms with van der Waals surface area (Å²) in [5.74, 6) is -0.208. The Morgan fingerprint density at radius 1 is 1.07 bits per heavy atom. The van der Waals surface area contributed by atoms with Crippen molar-refractivity contribution in [2.75, 3.05) is 0 Å². The Labute approximate surface area is 82.2 Å². The highest BCUT2D eigenvalue weighted by atomic mass is 19.1. The van der Waals surface area contributed by atoms with Gasteiger partial charge in [-0.2, -0.15) is 0 Å². The summed E-state index contributed by atoms with van der Waals surface area (Å²) in [5.41, 5.74) is 3.21. The van der Waals surface area contributed by atoms with Crippen LogP contribution in [-0.4, -0.2) is 4.98 Å². The second kappa shape index (κ2) is 3.58. The molecule has 2 aromatic rings. The number of benzene rings is 1. The van der Waals surface area contributed by atoms with E-state index in [2.05, 4.69) is 4.98 Å². The third-order valence-corrected chi connectivity index (χ3v) is 2.18. The zero-order chi connectivity index (χ0) is 9.97. The van der Waals surface area contributed by atoms with E-state index in [0.717, 1.165) is 16.7 Å². The number of pyridine rings is 1. The van der Waals surface area contributed by atoms with Gasteiger partial charge in [-0.15, -0.1) is 0 Å². The van der Waals surface area contributed by atoms with Crippen LogP contribution in [0.5, 0.6) is 0 Å². The van der Waals surface area contributed by atoms with Gasteiger partial charge in [0.1, 0.15) is 5.82 Å². The maximum atomic E-state index is 12.7. The van der Waals surface area contributed by atoms with Gasteiger partial charge in [-0.1, -0.05) is 12.1 Å². The van der Waals surface area contributed by atoms with Crippen molar-refractivity contribution in [2.24, 2.45) is 0 Å². The average molecular weight is 187 g/mol. The van der Waals surface area contributed by atoms with Crippen LogP contribution in [0.2, 0.25) is 0 Å². The van der Waals surface area contributed by atoms with Gasteiger partial charge in [-0.25, -0.2) is 4.39 Å². The first-order chi connectivity index (χ1) is 6.77. The summed E-state index contributed by atoms with van der Waals surface area (Å²) in [6.07, 6.45) is 3.55. The van der Waals surface area contributed by atoms with Gasteiger partial charge < -0.3 is 0 Å². The third kappa shape index (κ3) is 1.64. The van der Waals surface area contributed by atoms with E-state index in [0.29, 0.717) is 0 Å². The Kier molecular flexibility index (Phi) is 2.27. The molecule has 14 heavy (non-hydrogen) atoms. The summed E-state index contributed by atoms with van der Waals surface area (Å²) >= 11 is 0. The summed E-state index contributed by atoms with van der Waals surface area (Å²) < 4.78 is 12.7. The monoisotopic (exact) mass is 187 g/mol. The molecule has 0 saturated heterocycles. The SMILES string of the molecule is Cc1cnccc1-c1ccc(F)cc1. The maximum Gasteiger partial charge on any atom is 0.123 e. The molecule has 0 N–H and O–H groups in total. The van der Waals surface area contributed by atoms with Gasteiger partial charge in [0, 0.05) is 12.4 Å². The lowest BCUT2D eigenvalue weighted by molar-refractivity contribution is 0.628. The Bertz CT molecular complexity index is 434. The van der Waals surface area contributed by atoms with Crippen LogP contribution in [0.1, 0.15) is 5.56 Å². The first-order valence-corrected chi connectivity index (χ1v) is 4.44. The number of aryl methyl sites for hydroxylation is 1. The highest BCUT2D eigenvalue weighted by molar-refractivity contribution is 5.66. The number of halogens is 1. The van der Waals surface area contributed by atoms with Crippen molar-refractivity contribution in [3.63, 3.8) is 0 Å². The molecule has 0 radical (unpaired) electrons. The van der Waals surface area contributed by atoms with Crippen LogP contribution in [0.15, 0.2) is 42.7 Å². The quantitative estimate of drug-likeness (QED) is 0.668. The normalized spacial score (nSPS) is 10.1. The highest BCUT2D eigenvalue weighted by Gasteiger charge is 2.00. The first kappa shape index (κ1) is 8.88. The van der Waals surface area contributed by atoms with Crippen molar-refractivity contribution in [3.05, 3.63) is 54.1 Å². The molecule has 0 aliphatic heterocycles. The molecule has 1 nitrogen and oxygen atoms in total. The van der Waals surface area contributed by atoms with Crippen LogP contribution in [-0.2, 0) is 0 Å². The third-order valence-electron chi connectivity index (χ3n) is 2.18. The molecular formula is C12H10FN. The molecule has 2 heteroatoms. The molecule has 0 fully saturated rings. The Morgan fingerprint density at radius 2 is 1.79 bits per heavy atom. The van der Waals surface area contributed by atoms with Crippen LogP contribution in [0.4, 0.5) is 4.39 Å². The number of hydrogen-bond donors (Lipinski definition) is 0. The van der Waals surface area contributed by atoms with Gasteiger partial charge in [0.05, 0.1) is 0 Å². The van der Waals surface area contributed by atoms with E-state index in [-0.39, 0.29) is 5.82 Å². The van der Waals surface area contributed by atoms with E-state index < -0.39 is 0 Å². The highest BCUT2D eigenvalue weighted by Crippen LogP contribution is 2.21. The fourth-order valence-electron chi connectivity index (χ4n) is 1.43. The maximum absolute atomic E-state index is 12.7. The van der Waals surface area contributed by atoms with Gasteiger partial charge in [0.2, 0.25) is 0 Å². The fourth-order valence-corrected chi connectivity index (χ4v) is 1.43. The molecule has 1 heterocycles. The van der Waals surface area contributed by atoms with E-state index in [4.69, 9.17) is 0 Å². The van der Waals surface area contributed by atoms with Gasteiger partial charge >= 0.3 is 0 Å². The van der Waals surface area contributed by atoms with Gasteiger partial charge in [-0.05, 0) is 41.8 Å². The van der Waals surface area contributed by atoms with Crippen LogP contribution >= 0.6 is 0 Å². The van der Waals surface area contributed by atoms with E-state index in [1.54, 1.807) is 24.5 Å². The van der Waals surface area contributed by atoms with E-state index in [1.807, 2.05) is 13.0 Å². The molecule has 0 atom stereocenters. The largest absolute Gasteiger partial charge is 0.264 e. The van der Waals surface area contributed by atoms with Gasteiger partial charge in [0.25, 0.3) is 0 Å². The standard InChI is InChI=1S/C12H10FN/c1-9-8-14-7-6-12(9)10-2-4-11(13)5-3-10/h2-8H,1H3. The van der Waals surface area contributed by atoms with E-state index in [1.165, 1.54) is 12.1 Å². The lowest BCUT2D eigenvalue weighted by Gasteiger charge is -2.04. The van der Waals surface area contributed by atoms with E-state index in [9.17, 15) is 4.39 Å². The molecule has 1 aromatic heterocycles. The average Bonchev–Trinajstić information content (AvgIpc) is 2.20. The molecule has 70 valence electrons. The Balaban J connectivity index is 2.50.